The topological polar surface area (TPSA) is 28.4 Å². The maximum absolute atomic E-state index is 5.49. The van der Waals surface area contributed by atoms with Crippen LogP contribution < -0.4 is 5.32 Å². The Morgan fingerprint density at radius 2 is 2.26 bits per heavy atom. The number of hydrogen-bond donors (Lipinski definition) is 1. The summed E-state index contributed by atoms with van der Waals surface area (Å²) in [4.78, 5) is 2.42. The quantitative estimate of drug-likeness (QED) is 0.885. The van der Waals surface area contributed by atoms with Gasteiger partial charge in [0.15, 0.2) is 0 Å². The first-order valence-corrected chi connectivity index (χ1v) is 7.45. The molecule has 1 fully saturated rings. The maximum atomic E-state index is 5.49. The molecule has 0 radical (unpaired) electrons. The molecule has 1 aliphatic rings. The van der Waals surface area contributed by atoms with Gasteiger partial charge in [0.25, 0.3) is 0 Å². The van der Waals surface area contributed by atoms with E-state index in [1.807, 2.05) is 6.07 Å². The molecule has 2 rings (SSSR count). The summed E-state index contributed by atoms with van der Waals surface area (Å²) in [7, 11) is 4.44. The number of aryl methyl sites for hydroxylation is 1. The van der Waals surface area contributed by atoms with Gasteiger partial charge in [-0.05, 0) is 51.4 Å². The Bertz CT molecular complexity index is 399. The van der Waals surface area contributed by atoms with Gasteiger partial charge in [0.1, 0.15) is 5.76 Å². The highest BCUT2D eigenvalue weighted by Gasteiger charge is 2.36. The first-order chi connectivity index (χ1) is 9.03. The first kappa shape index (κ1) is 14.6. The first-order valence-electron chi connectivity index (χ1n) is 7.45. The normalized spacial score (nSPS) is 27.9. The largest absolute Gasteiger partial charge is 0.468 e. The van der Waals surface area contributed by atoms with Gasteiger partial charge in [0.05, 0.1) is 12.8 Å². The van der Waals surface area contributed by atoms with Crippen molar-refractivity contribution < 1.29 is 4.42 Å². The lowest BCUT2D eigenvalue weighted by molar-refractivity contribution is 0.0745. The predicted molar refractivity (Wildman–Crippen MR) is 79.2 cm³/mol. The molecule has 1 heterocycles. The van der Waals surface area contributed by atoms with Crippen molar-refractivity contribution in [2.24, 2.45) is 5.92 Å². The van der Waals surface area contributed by atoms with Gasteiger partial charge >= 0.3 is 0 Å². The fourth-order valence-electron chi connectivity index (χ4n) is 3.35. The average molecular weight is 264 g/mol. The predicted octanol–water partition coefficient (Wildman–Crippen LogP) is 3.19. The molecule has 0 aliphatic heterocycles. The van der Waals surface area contributed by atoms with E-state index < -0.39 is 0 Å². The molecule has 1 saturated carbocycles. The Morgan fingerprint density at radius 3 is 2.84 bits per heavy atom. The molecular formula is C16H28N2O. The summed E-state index contributed by atoms with van der Waals surface area (Å²) in [6, 6.07) is 2.03. The van der Waals surface area contributed by atoms with Gasteiger partial charge in [-0.15, -0.1) is 0 Å². The van der Waals surface area contributed by atoms with Gasteiger partial charge in [-0.3, -0.25) is 0 Å². The molecule has 3 nitrogen and oxygen atoms in total. The fraction of sp³-hybridized carbons (Fsp3) is 0.750. The molecule has 1 aromatic rings. The van der Waals surface area contributed by atoms with Crippen LogP contribution in [0.15, 0.2) is 16.7 Å². The van der Waals surface area contributed by atoms with E-state index in [2.05, 4.69) is 38.2 Å². The highest BCUT2D eigenvalue weighted by Crippen LogP contribution is 2.35. The third-order valence-electron chi connectivity index (χ3n) is 4.72. The summed E-state index contributed by atoms with van der Waals surface area (Å²) in [6.45, 7) is 6.37. The van der Waals surface area contributed by atoms with Crippen LogP contribution in [-0.4, -0.2) is 31.1 Å². The molecule has 2 atom stereocenters. The number of rotatable bonds is 5. The van der Waals surface area contributed by atoms with E-state index in [4.69, 9.17) is 4.42 Å². The Labute approximate surface area is 117 Å². The highest BCUT2D eigenvalue weighted by molar-refractivity contribution is 5.14. The summed E-state index contributed by atoms with van der Waals surface area (Å²) in [6.07, 6.45) is 7.10. The summed E-state index contributed by atoms with van der Waals surface area (Å²) in [5.74, 6) is 1.90. The third-order valence-corrected chi connectivity index (χ3v) is 4.72. The summed E-state index contributed by atoms with van der Waals surface area (Å²) in [5, 5.41) is 3.61. The van der Waals surface area contributed by atoms with Gasteiger partial charge in [-0.25, -0.2) is 0 Å². The van der Waals surface area contributed by atoms with Crippen molar-refractivity contribution in [3.63, 3.8) is 0 Å². The summed E-state index contributed by atoms with van der Waals surface area (Å²) in [5.41, 5.74) is 1.56. The second-order valence-corrected chi connectivity index (χ2v) is 6.45. The zero-order valence-corrected chi connectivity index (χ0v) is 12.8. The average Bonchev–Trinajstić information content (AvgIpc) is 2.75. The lowest BCUT2D eigenvalue weighted by atomic mass is 9.75. The number of furan rings is 1. The summed E-state index contributed by atoms with van der Waals surface area (Å²) < 4.78 is 5.49. The number of nitrogens with zero attached hydrogens (tertiary/aromatic N) is 1. The molecule has 108 valence electrons. The molecule has 2 unspecified atom stereocenters. The van der Waals surface area contributed by atoms with E-state index in [-0.39, 0.29) is 0 Å². The van der Waals surface area contributed by atoms with Crippen LogP contribution in [0.25, 0.3) is 0 Å². The second-order valence-electron chi connectivity index (χ2n) is 6.45. The van der Waals surface area contributed by atoms with Crippen molar-refractivity contribution in [1.29, 1.82) is 0 Å². The minimum Gasteiger partial charge on any atom is -0.468 e. The highest BCUT2D eigenvalue weighted by atomic mass is 16.3. The van der Waals surface area contributed by atoms with Crippen molar-refractivity contribution in [2.45, 2.75) is 51.6 Å². The van der Waals surface area contributed by atoms with E-state index in [0.29, 0.717) is 5.54 Å². The number of nitrogens with one attached hydrogen (secondary N) is 1. The molecular weight excluding hydrogens is 236 g/mol. The van der Waals surface area contributed by atoms with Gasteiger partial charge in [-0.1, -0.05) is 19.8 Å². The van der Waals surface area contributed by atoms with Crippen molar-refractivity contribution in [2.75, 3.05) is 20.6 Å². The van der Waals surface area contributed by atoms with Crippen molar-refractivity contribution in [3.8, 4) is 0 Å². The maximum Gasteiger partial charge on any atom is 0.120 e. The van der Waals surface area contributed by atoms with E-state index in [9.17, 15) is 0 Å². The molecule has 1 aliphatic carbocycles. The summed E-state index contributed by atoms with van der Waals surface area (Å²) >= 11 is 0. The van der Waals surface area contributed by atoms with Crippen LogP contribution in [0, 0.1) is 12.8 Å². The number of likely N-dealkylation sites (N-methyl/N-ethyl adjacent to an activating group) is 1. The van der Waals surface area contributed by atoms with Crippen LogP contribution in [0.4, 0.5) is 0 Å². The lowest BCUT2D eigenvalue weighted by Gasteiger charge is -2.45. The van der Waals surface area contributed by atoms with E-state index in [1.54, 1.807) is 6.26 Å². The fourth-order valence-corrected chi connectivity index (χ4v) is 3.35. The zero-order valence-electron chi connectivity index (χ0n) is 12.8. The van der Waals surface area contributed by atoms with Crippen LogP contribution in [-0.2, 0) is 6.54 Å². The Balaban J connectivity index is 1.92. The van der Waals surface area contributed by atoms with Crippen LogP contribution in [0.2, 0.25) is 0 Å². The second kappa shape index (κ2) is 6.10. The molecule has 0 spiro atoms. The van der Waals surface area contributed by atoms with Gasteiger partial charge in [0.2, 0.25) is 0 Å². The van der Waals surface area contributed by atoms with Gasteiger partial charge in [-0.2, -0.15) is 0 Å². The molecule has 1 aromatic heterocycles. The monoisotopic (exact) mass is 264 g/mol. The minimum atomic E-state index is 0.318. The van der Waals surface area contributed by atoms with Crippen LogP contribution >= 0.6 is 0 Å². The molecule has 0 amide bonds. The standard InChI is InChI=1S/C16H28N2O/c1-13-6-5-8-16(10-13,18(3)4)12-17-11-15-14(2)7-9-19-15/h7,9,13,17H,5-6,8,10-12H2,1-4H3. The van der Waals surface area contributed by atoms with Gasteiger partial charge < -0.3 is 14.6 Å². The van der Waals surface area contributed by atoms with Crippen molar-refractivity contribution in [3.05, 3.63) is 23.7 Å². The lowest BCUT2D eigenvalue weighted by Crippen LogP contribution is -2.54. The molecule has 19 heavy (non-hydrogen) atoms. The van der Waals surface area contributed by atoms with Crippen LogP contribution in [0.1, 0.15) is 43.9 Å². The number of hydrogen-bond acceptors (Lipinski definition) is 3. The van der Waals surface area contributed by atoms with E-state index >= 15 is 0 Å². The molecule has 0 aromatic carbocycles. The molecule has 3 heteroatoms. The molecule has 0 saturated heterocycles. The minimum absolute atomic E-state index is 0.318. The Hall–Kier alpha value is -0.800. The Morgan fingerprint density at radius 1 is 1.47 bits per heavy atom. The SMILES string of the molecule is Cc1ccoc1CNCC1(N(C)C)CCCC(C)C1. The van der Waals surface area contributed by atoms with Crippen molar-refractivity contribution in [1.82, 2.24) is 10.2 Å². The molecule has 0 bridgehead atoms. The van der Waals surface area contributed by atoms with E-state index in [1.165, 1.54) is 31.2 Å². The molecule has 1 N–H and O–H groups in total. The van der Waals surface area contributed by atoms with Crippen LogP contribution in [0.5, 0.6) is 0 Å². The van der Waals surface area contributed by atoms with Crippen molar-refractivity contribution >= 4 is 0 Å². The smallest absolute Gasteiger partial charge is 0.120 e. The van der Waals surface area contributed by atoms with Crippen LogP contribution in [0.3, 0.4) is 0 Å². The third kappa shape index (κ3) is 3.40. The zero-order chi connectivity index (χ0) is 13.9. The van der Waals surface area contributed by atoms with E-state index in [0.717, 1.165) is 24.8 Å². The Kier molecular flexibility index (Phi) is 4.69. The van der Waals surface area contributed by atoms with Gasteiger partial charge in [0, 0.05) is 12.1 Å².